The molecule has 90 valence electrons. The molecule has 0 aromatic rings. The summed E-state index contributed by atoms with van der Waals surface area (Å²) in [4.78, 5) is 5.07. The van der Waals surface area contributed by atoms with Gasteiger partial charge in [0.25, 0.3) is 0 Å². The molecule has 3 heteroatoms. The molecular weight excluding hydrogens is 204 g/mol. The zero-order valence-corrected chi connectivity index (χ0v) is 11.7. The second-order valence-corrected chi connectivity index (χ2v) is 6.70. The maximum Gasteiger partial charge on any atom is 0.0158 e. The average molecular weight is 230 g/mol. The first-order valence-corrected chi connectivity index (χ1v) is 7.10. The normalized spacial score (nSPS) is 24.8. The highest BCUT2D eigenvalue weighted by molar-refractivity contribution is 7.99. The van der Waals surface area contributed by atoms with Gasteiger partial charge in [0, 0.05) is 42.7 Å². The van der Waals surface area contributed by atoms with Crippen molar-refractivity contribution in [3.05, 3.63) is 0 Å². The number of likely N-dealkylation sites (N-methyl/N-ethyl adjacent to an activating group) is 1. The van der Waals surface area contributed by atoms with E-state index in [0.717, 1.165) is 6.04 Å². The Morgan fingerprint density at radius 2 is 2.07 bits per heavy atom. The van der Waals surface area contributed by atoms with Crippen molar-refractivity contribution in [3.63, 3.8) is 0 Å². The molecular formula is C12H26N2S. The highest BCUT2D eigenvalue weighted by Crippen LogP contribution is 2.16. The van der Waals surface area contributed by atoms with Gasteiger partial charge in [0.15, 0.2) is 0 Å². The van der Waals surface area contributed by atoms with E-state index in [4.69, 9.17) is 0 Å². The number of thioether (sulfide) groups is 1. The van der Waals surface area contributed by atoms with Crippen LogP contribution in [-0.2, 0) is 0 Å². The van der Waals surface area contributed by atoms with E-state index in [2.05, 4.69) is 56.3 Å². The lowest BCUT2D eigenvalue weighted by Crippen LogP contribution is -2.47. The van der Waals surface area contributed by atoms with E-state index in [9.17, 15) is 0 Å². The third kappa shape index (κ3) is 4.33. The van der Waals surface area contributed by atoms with Gasteiger partial charge in [-0.2, -0.15) is 11.8 Å². The Kier molecular flexibility index (Phi) is 4.94. The Morgan fingerprint density at radius 3 is 2.60 bits per heavy atom. The van der Waals surface area contributed by atoms with Gasteiger partial charge >= 0.3 is 0 Å². The summed E-state index contributed by atoms with van der Waals surface area (Å²) < 4.78 is 0. The fourth-order valence-corrected chi connectivity index (χ4v) is 2.79. The first kappa shape index (κ1) is 13.3. The third-order valence-corrected chi connectivity index (χ3v) is 4.56. The molecule has 1 atom stereocenters. The molecule has 0 radical (unpaired) electrons. The molecule has 0 bridgehead atoms. The second kappa shape index (κ2) is 5.55. The minimum Gasteiger partial charge on any atom is -0.300 e. The molecule has 1 unspecified atom stereocenters. The summed E-state index contributed by atoms with van der Waals surface area (Å²) in [6.45, 7) is 12.9. The lowest BCUT2D eigenvalue weighted by molar-refractivity contribution is 0.135. The van der Waals surface area contributed by atoms with Gasteiger partial charge in [-0.05, 0) is 34.7 Å². The number of nitrogens with zero attached hydrogens (tertiary/aromatic N) is 2. The van der Waals surface area contributed by atoms with E-state index in [-0.39, 0.29) is 0 Å². The molecule has 0 saturated carbocycles. The van der Waals surface area contributed by atoms with Crippen LogP contribution in [0.15, 0.2) is 0 Å². The van der Waals surface area contributed by atoms with E-state index in [1.807, 2.05) is 0 Å². The quantitative estimate of drug-likeness (QED) is 0.733. The van der Waals surface area contributed by atoms with E-state index < -0.39 is 0 Å². The minimum atomic E-state index is 0.299. The van der Waals surface area contributed by atoms with Crippen LogP contribution in [0.2, 0.25) is 0 Å². The zero-order chi connectivity index (χ0) is 11.5. The highest BCUT2D eigenvalue weighted by atomic mass is 32.2. The van der Waals surface area contributed by atoms with Crippen molar-refractivity contribution in [2.45, 2.75) is 39.3 Å². The molecule has 1 aliphatic rings. The van der Waals surface area contributed by atoms with Crippen LogP contribution in [0.4, 0.5) is 0 Å². The third-order valence-electron chi connectivity index (χ3n) is 3.37. The largest absolute Gasteiger partial charge is 0.300 e. The van der Waals surface area contributed by atoms with Gasteiger partial charge in [-0.1, -0.05) is 0 Å². The number of rotatable bonds is 3. The highest BCUT2D eigenvalue weighted by Gasteiger charge is 2.21. The van der Waals surface area contributed by atoms with E-state index in [0.29, 0.717) is 5.54 Å². The summed E-state index contributed by atoms with van der Waals surface area (Å²) in [5, 5.41) is 0. The Labute approximate surface area is 99.4 Å². The first-order valence-electron chi connectivity index (χ1n) is 5.94. The molecule has 2 nitrogen and oxygen atoms in total. The Bertz CT molecular complexity index is 189. The van der Waals surface area contributed by atoms with Gasteiger partial charge in [-0.25, -0.2) is 0 Å². The van der Waals surface area contributed by atoms with Crippen molar-refractivity contribution >= 4 is 11.8 Å². The van der Waals surface area contributed by atoms with Crippen molar-refractivity contribution in [1.82, 2.24) is 9.80 Å². The molecule has 1 fully saturated rings. The molecule has 0 N–H and O–H groups in total. The monoisotopic (exact) mass is 230 g/mol. The zero-order valence-electron chi connectivity index (χ0n) is 10.9. The summed E-state index contributed by atoms with van der Waals surface area (Å²) in [5.41, 5.74) is 0.299. The van der Waals surface area contributed by atoms with E-state index in [1.54, 1.807) is 0 Å². The van der Waals surface area contributed by atoms with Crippen molar-refractivity contribution in [2.24, 2.45) is 0 Å². The number of hydrogen-bond donors (Lipinski definition) is 0. The van der Waals surface area contributed by atoms with Crippen LogP contribution in [0.5, 0.6) is 0 Å². The van der Waals surface area contributed by atoms with Gasteiger partial charge in [0.1, 0.15) is 0 Å². The smallest absolute Gasteiger partial charge is 0.0158 e. The van der Waals surface area contributed by atoms with Gasteiger partial charge in [-0.15, -0.1) is 0 Å². The van der Waals surface area contributed by atoms with E-state index in [1.165, 1.54) is 31.1 Å². The molecule has 1 rings (SSSR count). The summed E-state index contributed by atoms with van der Waals surface area (Å²) in [6.07, 6.45) is 0. The second-order valence-electron chi connectivity index (χ2n) is 5.55. The number of hydrogen-bond acceptors (Lipinski definition) is 3. The van der Waals surface area contributed by atoms with Gasteiger partial charge in [-0.3, -0.25) is 4.90 Å². The predicted molar refractivity (Wildman–Crippen MR) is 70.7 cm³/mol. The van der Waals surface area contributed by atoms with Crippen LogP contribution >= 0.6 is 11.8 Å². The first-order chi connectivity index (χ1) is 6.91. The molecule has 0 amide bonds. The maximum absolute atomic E-state index is 2.62. The molecule has 0 aromatic carbocycles. The van der Waals surface area contributed by atoms with Crippen LogP contribution in [0.3, 0.4) is 0 Å². The fourth-order valence-electron chi connectivity index (χ4n) is 1.71. The van der Waals surface area contributed by atoms with Gasteiger partial charge in [0.05, 0.1) is 0 Å². The van der Waals surface area contributed by atoms with Crippen molar-refractivity contribution in [3.8, 4) is 0 Å². The van der Waals surface area contributed by atoms with Crippen LogP contribution < -0.4 is 0 Å². The standard InChI is InChI=1S/C12H26N2S/c1-11-10-15-9-8-14(11)7-6-13(5)12(2,3)4/h11H,6-10H2,1-5H3. The van der Waals surface area contributed by atoms with Crippen LogP contribution in [0.25, 0.3) is 0 Å². The summed E-state index contributed by atoms with van der Waals surface area (Å²) in [6, 6.07) is 0.761. The van der Waals surface area contributed by atoms with Crippen molar-refractivity contribution in [2.75, 3.05) is 38.2 Å². The Hall–Kier alpha value is 0.270. The lowest BCUT2D eigenvalue weighted by Gasteiger charge is -2.37. The Balaban J connectivity index is 2.29. The van der Waals surface area contributed by atoms with Crippen molar-refractivity contribution in [1.29, 1.82) is 0 Å². The summed E-state index contributed by atoms with van der Waals surface area (Å²) in [5.74, 6) is 2.61. The summed E-state index contributed by atoms with van der Waals surface area (Å²) >= 11 is 2.09. The maximum atomic E-state index is 2.62. The minimum absolute atomic E-state index is 0.299. The topological polar surface area (TPSA) is 6.48 Å². The molecule has 1 aliphatic heterocycles. The predicted octanol–water partition coefficient (Wildman–Crippen LogP) is 2.15. The SMILES string of the molecule is CC1CSCCN1CCN(C)C(C)(C)C. The summed E-state index contributed by atoms with van der Waals surface area (Å²) in [7, 11) is 2.23. The van der Waals surface area contributed by atoms with Gasteiger partial charge in [0.2, 0.25) is 0 Å². The molecule has 0 spiro atoms. The molecule has 0 aliphatic carbocycles. The molecule has 1 heterocycles. The van der Waals surface area contributed by atoms with Crippen LogP contribution in [0, 0.1) is 0 Å². The Morgan fingerprint density at radius 1 is 1.40 bits per heavy atom. The molecule has 0 aromatic heterocycles. The van der Waals surface area contributed by atoms with E-state index >= 15 is 0 Å². The average Bonchev–Trinajstić information content (AvgIpc) is 2.14. The molecule has 1 saturated heterocycles. The van der Waals surface area contributed by atoms with Crippen molar-refractivity contribution < 1.29 is 0 Å². The van der Waals surface area contributed by atoms with Gasteiger partial charge < -0.3 is 4.90 Å². The molecule has 15 heavy (non-hydrogen) atoms. The van der Waals surface area contributed by atoms with Crippen LogP contribution in [0.1, 0.15) is 27.7 Å². The lowest BCUT2D eigenvalue weighted by atomic mass is 10.1. The van der Waals surface area contributed by atoms with Crippen LogP contribution in [-0.4, -0.2) is 59.6 Å². The fraction of sp³-hybridized carbons (Fsp3) is 1.00.